The van der Waals surface area contributed by atoms with E-state index >= 15 is 0 Å². The molecule has 0 amide bonds. The maximum Gasteiger partial charge on any atom is 0.0191 e. The summed E-state index contributed by atoms with van der Waals surface area (Å²) < 4.78 is 0. The fourth-order valence-corrected chi connectivity index (χ4v) is 2.86. The summed E-state index contributed by atoms with van der Waals surface area (Å²) in [5.41, 5.74) is 0.474. The minimum Gasteiger partial charge on any atom is -0.313 e. The van der Waals surface area contributed by atoms with Gasteiger partial charge >= 0.3 is 0 Å². The van der Waals surface area contributed by atoms with Gasteiger partial charge in [0.2, 0.25) is 0 Å². The zero-order valence-corrected chi connectivity index (χ0v) is 10.2. The number of nitrogens with one attached hydrogen (secondary N) is 1. The van der Waals surface area contributed by atoms with Gasteiger partial charge in [-0.25, -0.2) is 0 Å². The fraction of sp³-hybridized carbons (Fsp3) is 1.00. The molecule has 1 rings (SSSR count). The summed E-state index contributed by atoms with van der Waals surface area (Å²) in [7, 11) is 0. The van der Waals surface area contributed by atoms with Crippen LogP contribution >= 0.6 is 11.8 Å². The van der Waals surface area contributed by atoms with E-state index in [1.165, 1.54) is 25.1 Å². The van der Waals surface area contributed by atoms with Crippen molar-refractivity contribution in [3.8, 4) is 0 Å². The van der Waals surface area contributed by atoms with Crippen molar-refractivity contribution < 1.29 is 0 Å². The average molecular weight is 201 g/mol. The summed E-state index contributed by atoms with van der Waals surface area (Å²) in [6, 6.07) is 0.771. The highest BCUT2D eigenvalue weighted by atomic mass is 32.2. The Bertz CT molecular complexity index is 151. The summed E-state index contributed by atoms with van der Waals surface area (Å²) in [5.74, 6) is 1.34. The van der Waals surface area contributed by atoms with Crippen LogP contribution in [0.4, 0.5) is 0 Å². The Morgan fingerprint density at radius 1 is 1.38 bits per heavy atom. The second kappa shape index (κ2) is 4.70. The van der Waals surface area contributed by atoms with E-state index in [1.807, 2.05) is 0 Å². The van der Waals surface area contributed by atoms with Gasteiger partial charge in [0.25, 0.3) is 0 Å². The van der Waals surface area contributed by atoms with Crippen molar-refractivity contribution in [2.75, 3.05) is 12.3 Å². The van der Waals surface area contributed by atoms with E-state index in [1.54, 1.807) is 0 Å². The molecular weight excluding hydrogens is 178 g/mol. The molecule has 1 N–H and O–H groups in total. The molecule has 0 aromatic rings. The highest BCUT2D eigenvalue weighted by molar-refractivity contribution is 8.00. The topological polar surface area (TPSA) is 12.0 Å². The van der Waals surface area contributed by atoms with Gasteiger partial charge in [0.05, 0.1) is 0 Å². The van der Waals surface area contributed by atoms with E-state index in [9.17, 15) is 0 Å². The third kappa shape index (κ3) is 4.37. The molecule has 0 radical (unpaired) electrons. The third-order valence-corrected chi connectivity index (χ3v) is 3.98. The number of rotatable bonds is 3. The Kier molecular flexibility index (Phi) is 4.11. The van der Waals surface area contributed by atoms with Crippen LogP contribution in [0, 0.1) is 5.41 Å². The van der Waals surface area contributed by atoms with Crippen molar-refractivity contribution in [2.45, 2.75) is 51.8 Å². The summed E-state index contributed by atoms with van der Waals surface area (Å²) >= 11 is 2.10. The van der Waals surface area contributed by atoms with Crippen LogP contribution in [0.5, 0.6) is 0 Å². The fourth-order valence-electron chi connectivity index (χ4n) is 1.63. The maximum atomic E-state index is 3.67. The number of hydrogen-bond donors (Lipinski definition) is 1. The van der Waals surface area contributed by atoms with Crippen LogP contribution in [0.2, 0.25) is 0 Å². The Morgan fingerprint density at radius 3 is 2.54 bits per heavy atom. The van der Waals surface area contributed by atoms with Crippen LogP contribution in [0.15, 0.2) is 0 Å². The molecule has 0 bridgehead atoms. The molecule has 1 heterocycles. The number of thioether (sulfide) groups is 1. The molecule has 1 nitrogen and oxygen atoms in total. The Morgan fingerprint density at radius 2 is 2.08 bits per heavy atom. The first-order chi connectivity index (χ1) is 5.99. The minimum atomic E-state index is 0.474. The lowest BCUT2D eigenvalue weighted by atomic mass is 9.92. The zero-order chi connectivity index (χ0) is 9.90. The van der Waals surface area contributed by atoms with Crippen LogP contribution in [0.1, 0.15) is 40.5 Å². The van der Waals surface area contributed by atoms with Crippen LogP contribution in [0.3, 0.4) is 0 Å². The molecule has 0 aliphatic carbocycles. The van der Waals surface area contributed by atoms with Crippen molar-refractivity contribution in [3.63, 3.8) is 0 Å². The molecule has 1 fully saturated rings. The third-order valence-electron chi connectivity index (χ3n) is 2.66. The van der Waals surface area contributed by atoms with Crippen LogP contribution < -0.4 is 5.32 Å². The first-order valence-corrected chi connectivity index (χ1v) is 6.39. The van der Waals surface area contributed by atoms with Gasteiger partial charge < -0.3 is 5.32 Å². The minimum absolute atomic E-state index is 0.474. The smallest absolute Gasteiger partial charge is 0.0191 e. The van der Waals surface area contributed by atoms with Gasteiger partial charge in [0, 0.05) is 11.3 Å². The van der Waals surface area contributed by atoms with E-state index in [0.717, 1.165) is 11.3 Å². The lowest BCUT2D eigenvalue weighted by Crippen LogP contribution is -2.35. The number of hydrogen-bond acceptors (Lipinski definition) is 2. The molecular formula is C11H23NS. The summed E-state index contributed by atoms with van der Waals surface area (Å²) in [4.78, 5) is 0. The van der Waals surface area contributed by atoms with Crippen molar-refractivity contribution >= 4 is 11.8 Å². The van der Waals surface area contributed by atoms with Gasteiger partial charge in [0.1, 0.15) is 0 Å². The lowest BCUT2D eigenvalue weighted by Gasteiger charge is -2.21. The Labute approximate surface area is 87.1 Å². The molecule has 13 heavy (non-hydrogen) atoms. The van der Waals surface area contributed by atoms with Gasteiger partial charge in [-0.1, -0.05) is 27.7 Å². The van der Waals surface area contributed by atoms with Gasteiger partial charge in [-0.3, -0.25) is 0 Å². The standard InChI is InChI=1S/C11H23NS/c1-9-10(5-8-13-9)12-7-6-11(2,3)4/h9-10,12H,5-8H2,1-4H3. The zero-order valence-electron chi connectivity index (χ0n) is 9.39. The molecule has 78 valence electrons. The van der Waals surface area contributed by atoms with Crippen LogP contribution in [-0.4, -0.2) is 23.6 Å². The molecule has 2 atom stereocenters. The van der Waals surface area contributed by atoms with E-state index in [2.05, 4.69) is 44.8 Å². The summed E-state index contributed by atoms with van der Waals surface area (Å²) in [6.45, 7) is 10.4. The average Bonchev–Trinajstić information content (AvgIpc) is 2.34. The van der Waals surface area contributed by atoms with Gasteiger partial charge in [-0.2, -0.15) is 11.8 Å². The van der Waals surface area contributed by atoms with Gasteiger partial charge in [-0.15, -0.1) is 0 Å². The monoisotopic (exact) mass is 201 g/mol. The second-order valence-electron chi connectivity index (χ2n) is 5.24. The maximum absolute atomic E-state index is 3.67. The first kappa shape index (κ1) is 11.4. The van der Waals surface area contributed by atoms with Crippen molar-refractivity contribution in [2.24, 2.45) is 5.41 Å². The van der Waals surface area contributed by atoms with E-state index in [0.29, 0.717) is 5.41 Å². The molecule has 2 heteroatoms. The van der Waals surface area contributed by atoms with Crippen LogP contribution in [0.25, 0.3) is 0 Å². The Balaban J connectivity index is 2.12. The second-order valence-corrected chi connectivity index (χ2v) is 6.72. The molecule has 1 saturated heterocycles. The SMILES string of the molecule is CC1SCCC1NCCC(C)(C)C. The molecule has 1 aliphatic heterocycles. The van der Waals surface area contributed by atoms with E-state index < -0.39 is 0 Å². The molecule has 1 aliphatic rings. The highest BCUT2D eigenvalue weighted by Crippen LogP contribution is 2.26. The van der Waals surface area contributed by atoms with Crippen molar-refractivity contribution in [1.29, 1.82) is 0 Å². The van der Waals surface area contributed by atoms with E-state index in [-0.39, 0.29) is 0 Å². The summed E-state index contributed by atoms with van der Waals surface area (Å²) in [5, 5.41) is 4.49. The van der Waals surface area contributed by atoms with E-state index in [4.69, 9.17) is 0 Å². The molecule has 0 saturated carbocycles. The highest BCUT2D eigenvalue weighted by Gasteiger charge is 2.23. The molecule has 0 aromatic heterocycles. The quantitative estimate of drug-likeness (QED) is 0.753. The molecule has 0 spiro atoms. The first-order valence-electron chi connectivity index (χ1n) is 5.34. The molecule has 2 unspecified atom stereocenters. The van der Waals surface area contributed by atoms with Crippen LogP contribution in [-0.2, 0) is 0 Å². The predicted molar refractivity (Wildman–Crippen MR) is 62.4 cm³/mol. The largest absolute Gasteiger partial charge is 0.313 e. The normalized spacial score (nSPS) is 29.5. The van der Waals surface area contributed by atoms with Crippen molar-refractivity contribution in [3.05, 3.63) is 0 Å². The summed E-state index contributed by atoms with van der Waals surface area (Å²) in [6.07, 6.45) is 2.64. The van der Waals surface area contributed by atoms with Crippen molar-refractivity contribution in [1.82, 2.24) is 5.32 Å². The van der Waals surface area contributed by atoms with Gasteiger partial charge in [-0.05, 0) is 30.6 Å². The molecule has 0 aromatic carbocycles. The van der Waals surface area contributed by atoms with Gasteiger partial charge in [0.15, 0.2) is 0 Å². The predicted octanol–water partition coefficient (Wildman–Crippen LogP) is 2.91. The lowest BCUT2D eigenvalue weighted by molar-refractivity contribution is 0.353. The Hall–Kier alpha value is 0.310.